The largest absolute Gasteiger partial charge is 0.497 e. The van der Waals surface area contributed by atoms with Crippen molar-refractivity contribution in [2.24, 2.45) is 0 Å². The number of hydrogen-bond donors (Lipinski definition) is 1. The van der Waals surface area contributed by atoms with Gasteiger partial charge in [0.15, 0.2) is 16.7 Å². The maximum Gasteiger partial charge on any atom is 0.262 e. The van der Waals surface area contributed by atoms with Crippen LogP contribution in [0.5, 0.6) is 17.2 Å². The van der Waals surface area contributed by atoms with Crippen LogP contribution in [0.15, 0.2) is 70.6 Å². The lowest BCUT2D eigenvalue weighted by atomic mass is 10.2. The third kappa shape index (κ3) is 5.94. The van der Waals surface area contributed by atoms with Gasteiger partial charge in [-0.3, -0.25) is 14.2 Å². The molecule has 8 nitrogen and oxygen atoms in total. The molecule has 0 aliphatic carbocycles. The highest BCUT2D eigenvalue weighted by Crippen LogP contribution is 2.32. The lowest BCUT2D eigenvalue weighted by Gasteiger charge is -2.19. The molecule has 4 aromatic rings. The van der Waals surface area contributed by atoms with Gasteiger partial charge in [-0.1, -0.05) is 48.5 Å². The second-order valence-electron chi connectivity index (χ2n) is 8.73. The van der Waals surface area contributed by atoms with E-state index >= 15 is 0 Å². The molecule has 1 N–H and O–H groups in total. The second-order valence-corrected chi connectivity index (χ2v) is 9.90. The molecule has 0 fully saturated rings. The number of benzene rings is 3. The second kappa shape index (κ2) is 12.0. The predicted octanol–water partition coefficient (Wildman–Crippen LogP) is 5.29. The van der Waals surface area contributed by atoms with Gasteiger partial charge in [0.1, 0.15) is 5.75 Å². The molecule has 0 saturated carbocycles. The molecule has 1 unspecified atom stereocenters. The average molecular weight is 534 g/mol. The molecule has 9 heteroatoms. The van der Waals surface area contributed by atoms with Crippen LogP contribution in [0.4, 0.5) is 5.69 Å². The number of hydrogen-bond acceptors (Lipinski definition) is 7. The minimum Gasteiger partial charge on any atom is -0.497 e. The molecule has 0 bridgehead atoms. The lowest BCUT2D eigenvalue weighted by molar-refractivity contribution is -0.115. The van der Waals surface area contributed by atoms with Crippen molar-refractivity contribution in [2.75, 3.05) is 26.6 Å². The van der Waals surface area contributed by atoms with Crippen LogP contribution in [-0.4, -0.2) is 42.0 Å². The first-order chi connectivity index (χ1) is 18.4. The summed E-state index contributed by atoms with van der Waals surface area (Å²) in [7, 11) is 4.66. The minimum absolute atomic E-state index is 0.154. The zero-order valence-electron chi connectivity index (χ0n) is 22.1. The van der Waals surface area contributed by atoms with Gasteiger partial charge in [-0.25, -0.2) is 4.98 Å². The number of aryl methyl sites for hydroxylation is 1. The normalized spacial score (nSPS) is 11.7. The van der Waals surface area contributed by atoms with Crippen LogP contribution in [0.1, 0.15) is 24.5 Å². The van der Waals surface area contributed by atoms with Crippen molar-refractivity contribution >= 4 is 34.3 Å². The van der Waals surface area contributed by atoms with Crippen molar-refractivity contribution in [3.63, 3.8) is 0 Å². The molecule has 1 atom stereocenters. The fraction of sp³-hybridized carbons (Fsp3) is 0.276. The van der Waals surface area contributed by atoms with Gasteiger partial charge >= 0.3 is 0 Å². The van der Waals surface area contributed by atoms with Crippen LogP contribution in [0.3, 0.4) is 0 Å². The molecular formula is C29H31N3O5S. The maximum absolute atomic E-state index is 13.8. The lowest BCUT2D eigenvalue weighted by Crippen LogP contribution is -2.28. The summed E-state index contributed by atoms with van der Waals surface area (Å²) in [6, 6.07) is 18.5. The SMILES string of the molecule is CCC(Sc1nc2cc(OC)c(OC)cc2c(=O)n1Cc1ccc(OC)cc1)C(=O)Nc1ccc(C)cc1. The molecule has 0 aliphatic rings. The van der Waals surface area contributed by atoms with E-state index in [4.69, 9.17) is 19.2 Å². The van der Waals surface area contributed by atoms with Gasteiger partial charge in [0.25, 0.3) is 5.56 Å². The topological polar surface area (TPSA) is 91.7 Å². The summed E-state index contributed by atoms with van der Waals surface area (Å²) in [5.41, 5.74) is 2.96. The number of carbonyl (C=O) groups excluding carboxylic acids is 1. The monoisotopic (exact) mass is 533 g/mol. The Morgan fingerprint density at radius 1 is 0.974 bits per heavy atom. The number of methoxy groups -OCH3 is 3. The molecule has 1 aromatic heterocycles. The van der Waals surface area contributed by atoms with E-state index in [0.29, 0.717) is 34.0 Å². The summed E-state index contributed by atoms with van der Waals surface area (Å²) >= 11 is 1.27. The number of rotatable bonds is 10. The van der Waals surface area contributed by atoms with Crippen molar-refractivity contribution < 1.29 is 19.0 Å². The zero-order valence-corrected chi connectivity index (χ0v) is 22.9. The zero-order chi connectivity index (χ0) is 27.2. The fourth-order valence-electron chi connectivity index (χ4n) is 3.98. The van der Waals surface area contributed by atoms with Gasteiger partial charge in [-0.05, 0) is 49.2 Å². The molecule has 3 aromatic carbocycles. The average Bonchev–Trinajstić information content (AvgIpc) is 2.94. The quantitative estimate of drug-likeness (QED) is 0.219. The Morgan fingerprint density at radius 2 is 1.63 bits per heavy atom. The number of carbonyl (C=O) groups is 1. The first-order valence-electron chi connectivity index (χ1n) is 12.2. The standard InChI is InChI=1S/C29H31N3O5S/c1-6-26(27(33)30-20-11-7-18(2)8-12-20)38-29-31-23-16-25(37-5)24(36-4)15-22(23)28(34)32(29)17-19-9-13-21(35-3)14-10-19/h7-16,26H,6,17H2,1-5H3,(H,30,33). The summed E-state index contributed by atoms with van der Waals surface area (Å²) < 4.78 is 17.7. The Kier molecular flexibility index (Phi) is 8.58. The van der Waals surface area contributed by atoms with E-state index in [1.807, 2.05) is 62.4 Å². The molecular weight excluding hydrogens is 502 g/mol. The molecule has 38 heavy (non-hydrogen) atoms. The maximum atomic E-state index is 13.8. The summed E-state index contributed by atoms with van der Waals surface area (Å²) in [5, 5.41) is 3.35. The number of nitrogens with one attached hydrogen (secondary N) is 1. The first-order valence-corrected chi connectivity index (χ1v) is 13.1. The highest BCUT2D eigenvalue weighted by molar-refractivity contribution is 8.00. The van der Waals surface area contributed by atoms with Crippen molar-refractivity contribution in [3.8, 4) is 17.2 Å². The summed E-state index contributed by atoms with van der Waals surface area (Å²) in [6.45, 7) is 4.21. The molecule has 4 rings (SSSR count). The van der Waals surface area contributed by atoms with E-state index in [9.17, 15) is 9.59 Å². The summed E-state index contributed by atoms with van der Waals surface area (Å²) in [6.07, 6.45) is 0.546. The smallest absolute Gasteiger partial charge is 0.262 e. The van der Waals surface area contributed by atoms with Crippen LogP contribution in [-0.2, 0) is 11.3 Å². The van der Waals surface area contributed by atoms with Crippen molar-refractivity contribution in [2.45, 2.75) is 37.2 Å². The van der Waals surface area contributed by atoms with Crippen molar-refractivity contribution in [1.29, 1.82) is 0 Å². The number of ether oxygens (including phenoxy) is 3. The molecule has 1 amide bonds. The van der Waals surface area contributed by atoms with Crippen LogP contribution in [0, 0.1) is 6.92 Å². The Hall–Kier alpha value is -3.98. The number of anilines is 1. The Balaban J connectivity index is 1.76. The fourth-order valence-corrected chi connectivity index (χ4v) is 4.99. The van der Waals surface area contributed by atoms with Gasteiger partial charge in [-0.2, -0.15) is 0 Å². The van der Waals surface area contributed by atoms with Crippen molar-refractivity contribution in [3.05, 3.63) is 82.1 Å². The molecule has 0 radical (unpaired) electrons. The summed E-state index contributed by atoms with van der Waals surface area (Å²) in [5.74, 6) is 1.49. The van der Waals surface area contributed by atoms with E-state index in [1.54, 1.807) is 23.8 Å². The predicted molar refractivity (Wildman–Crippen MR) is 151 cm³/mol. The van der Waals surface area contributed by atoms with E-state index in [0.717, 1.165) is 22.6 Å². The van der Waals surface area contributed by atoms with Crippen LogP contribution >= 0.6 is 11.8 Å². The Morgan fingerprint density at radius 3 is 2.24 bits per heavy atom. The van der Waals surface area contributed by atoms with Gasteiger partial charge in [0.05, 0.1) is 44.0 Å². The third-order valence-electron chi connectivity index (χ3n) is 6.15. The number of nitrogens with zero attached hydrogens (tertiary/aromatic N) is 2. The van der Waals surface area contributed by atoms with E-state index in [-0.39, 0.29) is 18.0 Å². The summed E-state index contributed by atoms with van der Waals surface area (Å²) in [4.78, 5) is 31.8. The van der Waals surface area contributed by atoms with Gasteiger partial charge in [0.2, 0.25) is 5.91 Å². The van der Waals surface area contributed by atoms with E-state index in [1.165, 1.54) is 26.0 Å². The number of aromatic nitrogens is 2. The molecule has 0 aliphatic heterocycles. The first kappa shape index (κ1) is 27.1. The highest BCUT2D eigenvalue weighted by Gasteiger charge is 2.23. The van der Waals surface area contributed by atoms with Crippen LogP contribution in [0.25, 0.3) is 10.9 Å². The highest BCUT2D eigenvalue weighted by atomic mass is 32.2. The molecule has 1 heterocycles. The number of amides is 1. The van der Waals surface area contributed by atoms with Crippen LogP contribution in [0.2, 0.25) is 0 Å². The number of thioether (sulfide) groups is 1. The Labute approximate surface area is 225 Å². The third-order valence-corrected chi connectivity index (χ3v) is 7.51. The van der Waals surface area contributed by atoms with Gasteiger partial charge in [-0.15, -0.1) is 0 Å². The van der Waals surface area contributed by atoms with Crippen LogP contribution < -0.4 is 25.1 Å². The Bertz CT molecular complexity index is 1480. The molecule has 0 saturated heterocycles. The number of fused-ring (bicyclic) bond motifs is 1. The molecule has 0 spiro atoms. The minimum atomic E-state index is -0.470. The molecule has 198 valence electrons. The van der Waals surface area contributed by atoms with Gasteiger partial charge in [0, 0.05) is 11.8 Å². The van der Waals surface area contributed by atoms with Gasteiger partial charge < -0.3 is 19.5 Å². The van der Waals surface area contributed by atoms with E-state index in [2.05, 4.69) is 5.32 Å². The van der Waals surface area contributed by atoms with E-state index < -0.39 is 5.25 Å². The van der Waals surface area contributed by atoms with Crippen molar-refractivity contribution in [1.82, 2.24) is 9.55 Å².